The summed E-state index contributed by atoms with van der Waals surface area (Å²) in [6.45, 7) is 1.95. The zero-order valence-corrected chi connectivity index (χ0v) is 16.9. The quantitative estimate of drug-likeness (QED) is 0.390. The van der Waals surface area contributed by atoms with Gasteiger partial charge in [0.05, 0.1) is 6.21 Å². The molecule has 0 atom stereocenters. The number of benzene rings is 2. The second-order valence-corrected chi connectivity index (χ2v) is 7.58. The van der Waals surface area contributed by atoms with Crippen LogP contribution in [0.2, 0.25) is 5.02 Å². The van der Waals surface area contributed by atoms with E-state index >= 15 is 0 Å². The highest BCUT2D eigenvalue weighted by molar-refractivity contribution is 7.80. The molecule has 27 heavy (non-hydrogen) atoms. The zero-order valence-electron chi connectivity index (χ0n) is 15.4. The fraction of sp³-hybridized carbons (Fsp3) is 0.333. The number of hydrogen-bond donors (Lipinski definition) is 2. The van der Waals surface area contributed by atoms with Crippen LogP contribution in [0.5, 0.6) is 11.5 Å². The molecule has 1 fully saturated rings. The van der Waals surface area contributed by atoms with E-state index in [0.717, 1.165) is 27.6 Å². The van der Waals surface area contributed by atoms with Gasteiger partial charge in [0.1, 0.15) is 11.5 Å². The Morgan fingerprint density at radius 3 is 2.52 bits per heavy atom. The third-order valence-electron chi connectivity index (χ3n) is 4.57. The van der Waals surface area contributed by atoms with Gasteiger partial charge < -0.3 is 10.1 Å². The lowest BCUT2D eigenvalue weighted by Crippen LogP contribution is -2.40. The largest absolute Gasteiger partial charge is 0.457 e. The number of nitrogens with one attached hydrogen (secondary N) is 2. The first-order valence-corrected chi connectivity index (χ1v) is 10.0. The Labute approximate surface area is 171 Å². The molecule has 0 radical (unpaired) electrons. The molecule has 0 heterocycles. The van der Waals surface area contributed by atoms with Gasteiger partial charge in [-0.1, -0.05) is 30.9 Å². The topological polar surface area (TPSA) is 45.6 Å². The highest BCUT2D eigenvalue weighted by Crippen LogP contribution is 2.26. The van der Waals surface area contributed by atoms with Crippen LogP contribution in [0.25, 0.3) is 0 Å². The van der Waals surface area contributed by atoms with Gasteiger partial charge in [-0.25, -0.2) is 0 Å². The highest BCUT2D eigenvalue weighted by Gasteiger charge is 2.13. The van der Waals surface area contributed by atoms with Crippen molar-refractivity contribution in [2.45, 2.75) is 45.1 Å². The van der Waals surface area contributed by atoms with Crippen LogP contribution in [-0.4, -0.2) is 17.4 Å². The van der Waals surface area contributed by atoms with Gasteiger partial charge in [-0.2, -0.15) is 5.10 Å². The lowest BCUT2D eigenvalue weighted by molar-refractivity contribution is 0.412. The Morgan fingerprint density at radius 1 is 1.11 bits per heavy atom. The molecule has 6 heteroatoms. The molecule has 2 aromatic rings. The van der Waals surface area contributed by atoms with E-state index in [1.165, 1.54) is 32.1 Å². The number of thiocarbonyl (C=S) groups is 1. The number of hydrazone groups is 1. The summed E-state index contributed by atoms with van der Waals surface area (Å²) in [6, 6.07) is 13.8. The molecule has 0 bridgehead atoms. The molecule has 0 unspecified atom stereocenters. The molecule has 1 aliphatic rings. The van der Waals surface area contributed by atoms with Gasteiger partial charge in [-0.05, 0) is 85.6 Å². The van der Waals surface area contributed by atoms with Crippen molar-refractivity contribution >= 4 is 35.1 Å². The fourth-order valence-electron chi connectivity index (χ4n) is 3.07. The third kappa shape index (κ3) is 6.22. The van der Waals surface area contributed by atoms with Gasteiger partial charge >= 0.3 is 0 Å². The molecule has 1 aliphatic carbocycles. The lowest BCUT2D eigenvalue weighted by Gasteiger charge is -2.23. The molecule has 2 N–H and O–H groups in total. The minimum Gasteiger partial charge on any atom is -0.457 e. The SMILES string of the molecule is Cc1cc(Oc2ccc(/C=N/NC(=S)NC3CCCCC3)cc2)ccc1Cl. The maximum atomic E-state index is 6.04. The van der Waals surface area contributed by atoms with Gasteiger partial charge in [0.25, 0.3) is 0 Å². The van der Waals surface area contributed by atoms with E-state index in [9.17, 15) is 0 Å². The smallest absolute Gasteiger partial charge is 0.187 e. The van der Waals surface area contributed by atoms with Crippen molar-refractivity contribution in [1.82, 2.24) is 10.7 Å². The fourth-order valence-corrected chi connectivity index (χ4v) is 3.41. The molecule has 0 spiro atoms. The zero-order chi connectivity index (χ0) is 19.1. The minimum atomic E-state index is 0.474. The van der Waals surface area contributed by atoms with Crippen molar-refractivity contribution in [3.63, 3.8) is 0 Å². The summed E-state index contributed by atoms with van der Waals surface area (Å²) in [5.41, 5.74) is 4.84. The molecule has 0 saturated heterocycles. The first kappa shape index (κ1) is 19.6. The monoisotopic (exact) mass is 401 g/mol. The third-order valence-corrected chi connectivity index (χ3v) is 5.20. The second-order valence-electron chi connectivity index (χ2n) is 6.76. The highest BCUT2D eigenvalue weighted by atomic mass is 35.5. The molecule has 0 aliphatic heterocycles. The van der Waals surface area contributed by atoms with Crippen molar-refractivity contribution < 1.29 is 4.74 Å². The Balaban J connectivity index is 1.48. The summed E-state index contributed by atoms with van der Waals surface area (Å²) in [6.07, 6.45) is 7.97. The van der Waals surface area contributed by atoms with Gasteiger partial charge in [0.2, 0.25) is 0 Å². The van der Waals surface area contributed by atoms with Crippen LogP contribution in [0.4, 0.5) is 0 Å². The predicted molar refractivity (Wildman–Crippen MR) is 116 cm³/mol. The van der Waals surface area contributed by atoms with E-state index in [1.54, 1.807) is 6.21 Å². The average molecular weight is 402 g/mol. The van der Waals surface area contributed by atoms with Crippen LogP contribution >= 0.6 is 23.8 Å². The molecule has 0 aromatic heterocycles. The summed E-state index contributed by atoms with van der Waals surface area (Å²) in [4.78, 5) is 0. The van der Waals surface area contributed by atoms with Crippen molar-refractivity contribution in [1.29, 1.82) is 0 Å². The number of hydrogen-bond acceptors (Lipinski definition) is 3. The standard InChI is InChI=1S/C21H24ClN3OS/c1-15-13-19(11-12-20(15)22)26-18-9-7-16(8-10-18)14-23-25-21(27)24-17-5-3-2-4-6-17/h7-14,17H,2-6H2,1H3,(H2,24,25,27)/b23-14+. The number of ether oxygens (including phenoxy) is 1. The van der Waals surface area contributed by atoms with E-state index in [4.69, 9.17) is 28.6 Å². The van der Waals surface area contributed by atoms with Gasteiger partial charge in [-0.3, -0.25) is 5.43 Å². The molecular formula is C21H24ClN3OS. The predicted octanol–water partition coefficient (Wildman–Crippen LogP) is 5.57. The molecule has 1 saturated carbocycles. The molecule has 142 valence electrons. The van der Waals surface area contributed by atoms with Crippen molar-refractivity contribution in [2.24, 2.45) is 5.10 Å². The van der Waals surface area contributed by atoms with E-state index in [1.807, 2.05) is 49.4 Å². The van der Waals surface area contributed by atoms with Crippen LogP contribution < -0.4 is 15.5 Å². The summed E-state index contributed by atoms with van der Waals surface area (Å²) < 4.78 is 5.85. The van der Waals surface area contributed by atoms with Crippen LogP contribution in [0.1, 0.15) is 43.2 Å². The minimum absolute atomic E-state index is 0.474. The molecule has 4 nitrogen and oxygen atoms in total. The van der Waals surface area contributed by atoms with Crippen molar-refractivity contribution in [3.05, 3.63) is 58.6 Å². The van der Waals surface area contributed by atoms with Gasteiger partial charge in [0.15, 0.2) is 5.11 Å². The Hall–Kier alpha value is -2.11. The Bertz CT molecular complexity index is 802. The number of halogens is 1. The second kappa shape index (κ2) is 9.72. The van der Waals surface area contributed by atoms with Crippen LogP contribution in [0, 0.1) is 6.92 Å². The van der Waals surface area contributed by atoms with Crippen molar-refractivity contribution in [3.8, 4) is 11.5 Å². The van der Waals surface area contributed by atoms with Gasteiger partial charge in [-0.15, -0.1) is 0 Å². The first-order valence-electron chi connectivity index (χ1n) is 9.24. The normalized spacial score (nSPS) is 14.9. The van der Waals surface area contributed by atoms with E-state index < -0.39 is 0 Å². The Morgan fingerprint density at radius 2 is 1.81 bits per heavy atom. The molecule has 3 rings (SSSR count). The van der Waals surface area contributed by atoms with E-state index in [2.05, 4.69) is 15.8 Å². The van der Waals surface area contributed by atoms with Gasteiger partial charge in [0, 0.05) is 11.1 Å². The summed E-state index contributed by atoms with van der Waals surface area (Å²) >= 11 is 11.3. The molecule has 0 amide bonds. The number of rotatable bonds is 5. The van der Waals surface area contributed by atoms with E-state index in [-0.39, 0.29) is 0 Å². The summed E-state index contributed by atoms with van der Waals surface area (Å²) in [5, 5.41) is 8.85. The molecule has 2 aromatic carbocycles. The molecular weight excluding hydrogens is 378 g/mol. The summed E-state index contributed by atoms with van der Waals surface area (Å²) in [7, 11) is 0. The van der Waals surface area contributed by atoms with Crippen LogP contribution in [0.3, 0.4) is 0 Å². The summed E-state index contributed by atoms with van der Waals surface area (Å²) in [5.74, 6) is 1.52. The first-order chi connectivity index (χ1) is 13.1. The van der Waals surface area contributed by atoms with E-state index in [0.29, 0.717) is 11.2 Å². The van der Waals surface area contributed by atoms with Crippen LogP contribution in [-0.2, 0) is 0 Å². The number of nitrogens with zero attached hydrogens (tertiary/aromatic N) is 1. The Kier molecular flexibility index (Phi) is 7.07. The average Bonchev–Trinajstić information content (AvgIpc) is 2.67. The van der Waals surface area contributed by atoms with Crippen molar-refractivity contribution in [2.75, 3.05) is 0 Å². The number of aryl methyl sites for hydroxylation is 1. The maximum absolute atomic E-state index is 6.04. The van der Waals surface area contributed by atoms with Crippen LogP contribution in [0.15, 0.2) is 47.6 Å². The lowest BCUT2D eigenvalue weighted by atomic mass is 9.96. The maximum Gasteiger partial charge on any atom is 0.187 e.